The number of hydrogen-bond donors (Lipinski definition) is 2. The van der Waals surface area contributed by atoms with Crippen molar-refractivity contribution >= 4 is 17.6 Å². The van der Waals surface area contributed by atoms with Crippen LogP contribution in [0.1, 0.15) is 59.3 Å². The molecular formula is C17H32N2O4. The van der Waals surface area contributed by atoms with Gasteiger partial charge in [-0.3, -0.25) is 14.4 Å². The zero-order chi connectivity index (χ0) is 17.5. The van der Waals surface area contributed by atoms with Gasteiger partial charge in [-0.2, -0.15) is 0 Å². The largest absolute Gasteiger partial charge is 0.382 e. The van der Waals surface area contributed by atoms with E-state index in [0.29, 0.717) is 58.4 Å². The number of ether oxygens (including phenoxy) is 1. The highest BCUT2D eigenvalue weighted by Gasteiger charge is 2.07. The fourth-order valence-electron chi connectivity index (χ4n) is 1.91. The fourth-order valence-corrected chi connectivity index (χ4v) is 1.91. The van der Waals surface area contributed by atoms with Crippen molar-refractivity contribution in [2.24, 2.45) is 5.92 Å². The van der Waals surface area contributed by atoms with Gasteiger partial charge in [0.1, 0.15) is 5.78 Å². The minimum absolute atomic E-state index is 0.0307. The summed E-state index contributed by atoms with van der Waals surface area (Å²) in [4.78, 5) is 34.5. The second-order valence-corrected chi connectivity index (χ2v) is 5.83. The van der Waals surface area contributed by atoms with Crippen LogP contribution >= 0.6 is 0 Å². The molecule has 0 saturated heterocycles. The van der Waals surface area contributed by atoms with Gasteiger partial charge in [-0.15, -0.1) is 0 Å². The van der Waals surface area contributed by atoms with Gasteiger partial charge in [0.2, 0.25) is 11.8 Å². The molecule has 0 aromatic carbocycles. The van der Waals surface area contributed by atoms with Crippen LogP contribution in [0.4, 0.5) is 0 Å². The van der Waals surface area contributed by atoms with E-state index in [-0.39, 0.29) is 23.5 Å². The molecule has 6 heteroatoms. The molecule has 6 nitrogen and oxygen atoms in total. The van der Waals surface area contributed by atoms with Crippen LogP contribution in [0.25, 0.3) is 0 Å². The van der Waals surface area contributed by atoms with Crippen LogP contribution < -0.4 is 10.6 Å². The van der Waals surface area contributed by atoms with Crippen molar-refractivity contribution in [3.63, 3.8) is 0 Å². The smallest absolute Gasteiger partial charge is 0.220 e. The standard InChI is InChI=1S/C17H32N2O4/c1-4-23-13-7-12-19-17(22)10-5-9-16(21)18-11-6-8-15(20)14(2)3/h14H,4-13H2,1-3H3,(H,18,21)(H,19,22). The van der Waals surface area contributed by atoms with Crippen molar-refractivity contribution in [3.05, 3.63) is 0 Å². The first kappa shape index (κ1) is 21.6. The third kappa shape index (κ3) is 13.9. The Morgan fingerprint density at radius 3 is 1.96 bits per heavy atom. The van der Waals surface area contributed by atoms with Crippen LogP contribution in [0.3, 0.4) is 0 Å². The van der Waals surface area contributed by atoms with Crippen LogP contribution in [0.15, 0.2) is 0 Å². The number of carbonyl (C=O) groups excluding carboxylic acids is 3. The molecule has 2 amide bonds. The van der Waals surface area contributed by atoms with Gasteiger partial charge in [0.25, 0.3) is 0 Å². The number of carbonyl (C=O) groups is 3. The molecule has 0 spiro atoms. The van der Waals surface area contributed by atoms with Crippen LogP contribution in [0, 0.1) is 5.92 Å². The molecule has 0 aliphatic carbocycles. The molecule has 0 fully saturated rings. The number of nitrogens with one attached hydrogen (secondary N) is 2. The first-order valence-electron chi connectivity index (χ1n) is 8.61. The summed E-state index contributed by atoms with van der Waals surface area (Å²) in [6.45, 7) is 8.15. The average Bonchev–Trinajstić information content (AvgIpc) is 2.51. The Hall–Kier alpha value is -1.43. The van der Waals surface area contributed by atoms with Crippen LogP contribution in [0.2, 0.25) is 0 Å². The molecule has 0 aromatic rings. The Morgan fingerprint density at radius 2 is 1.43 bits per heavy atom. The maximum atomic E-state index is 11.6. The Morgan fingerprint density at radius 1 is 0.870 bits per heavy atom. The molecule has 23 heavy (non-hydrogen) atoms. The molecule has 0 bridgehead atoms. The van der Waals surface area contributed by atoms with Gasteiger partial charge in [0.05, 0.1) is 0 Å². The molecule has 0 aliphatic heterocycles. The summed E-state index contributed by atoms with van der Waals surface area (Å²) in [5.41, 5.74) is 0. The molecular weight excluding hydrogens is 296 g/mol. The lowest BCUT2D eigenvalue weighted by Gasteiger charge is -2.07. The minimum Gasteiger partial charge on any atom is -0.382 e. The van der Waals surface area contributed by atoms with Crippen molar-refractivity contribution in [3.8, 4) is 0 Å². The van der Waals surface area contributed by atoms with Gasteiger partial charge < -0.3 is 15.4 Å². The van der Waals surface area contributed by atoms with Crippen LogP contribution in [-0.4, -0.2) is 43.9 Å². The van der Waals surface area contributed by atoms with Crippen LogP contribution in [0.5, 0.6) is 0 Å². The molecule has 0 radical (unpaired) electrons. The quantitative estimate of drug-likeness (QED) is 0.476. The highest BCUT2D eigenvalue weighted by Crippen LogP contribution is 2.01. The number of ketones is 1. The minimum atomic E-state index is -0.0638. The lowest BCUT2D eigenvalue weighted by Crippen LogP contribution is -2.27. The summed E-state index contributed by atoms with van der Waals surface area (Å²) in [6.07, 6.45) is 3.20. The summed E-state index contributed by atoms with van der Waals surface area (Å²) in [5, 5.41) is 5.58. The summed E-state index contributed by atoms with van der Waals surface area (Å²) >= 11 is 0. The summed E-state index contributed by atoms with van der Waals surface area (Å²) < 4.78 is 5.18. The van der Waals surface area contributed by atoms with E-state index in [4.69, 9.17) is 4.74 Å². The van der Waals surface area contributed by atoms with E-state index in [9.17, 15) is 14.4 Å². The first-order chi connectivity index (χ1) is 11.0. The van der Waals surface area contributed by atoms with Crippen LogP contribution in [-0.2, 0) is 19.1 Å². The van der Waals surface area contributed by atoms with Gasteiger partial charge in [0.15, 0.2) is 0 Å². The van der Waals surface area contributed by atoms with E-state index in [1.807, 2.05) is 20.8 Å². The van der Waals surface area contributed by atoms with Gasteiger partial charge in [-0.25, -0.2) is 0 Å². The topological polar surface area (TPSA) is 84.5 Å². The Bertz CT molecular complexity index is 357. The number of rotatable bonds is 14. The van der Waals surface area contributed by atoms with Gasteiger partial charge in [0, 0.05) is 51.5 Å². The number of Topliss-reactive ketones (excluding diaryl/α,β-unsaturated/α-hetero) is 1. The molecule has 0 saturated carbocycles. The molecule has 0 aromatic heterocycles. The highest BCUT2D eigenvalue weighted by atomic mass is 16.5. The van der Waals surface area contributed by atoms with Crippen molar-refractivity contribution in [2.75, 3.05) is 26.3 Å². The van der Waals surface area contributed by atoms with E-state index < -0.39 is 0 Å². The number of amides is 2. The highest BCUT2D eigenvalue weighted by molar-refractivity contribution is 5.80. The normalized spacial score (nSPS) is 10.6. The summed E-state index contributed by atoms with van der Waals surface area (Å²) in [6, 6.07) is 0. The van der Waals surface area contributed by atoms with Gasteiger partial charge >= 0.3 is 0 Å². The van der Waals surface area contributed by atoms with E-state index in [1.54, 1.807) is 0 Å². The number of hydrogen-bond acceptors (Lipinski definition) is 4. The molecule has 2 N–H and O–H groups in total. The summed E-state index contributed by atoms with van der Waals surface area (Å²) in [5.74, 6) is 0.181. The molecule has 0 unspecified atom stereocenters. The predicted molar refractivity (Wildman–Crippen MR) is 90.1 cm³/mol. The zero-order valence-electron chi connectivity index (χ0n) is 14.8. The Balaban J connectivity index is 3.48. The van der Waals surface area contributed by atoms with E-state index in [0.717, 1.165) is 6.42 Å². The fraction of sp³-hybridized carbons (Fsp3) is 0.824. The lowest BCUT2D eigenvalue weighted by molar-refractivity contribution is -0.124. The lowest BCUT2D eigenvalue weighted by atomic mass is 10.0. The SMILES string of the molecule is CCOCCCNC(=O)CCCC(=O)NCCCC(=O)C(C)C. The van der Waals surface area contributed by atoms with Gasteiger partial charge in [-0.05, 0) is 26.2 Å². The van der Waals surface area contributed by atoms with Crippen molar-refractivity contribution in [1.29, 1.82) is 0 Å². The van der Waals surface area contributed by atoms with E-state index >= 15 is 0 Å². The van der Waals surface area contributed by atoms with E-state index in [2.05, 4.69) is 10.6 Å². The van der Waals surface area contributed by atoms with Crippen molar-refractivity contribution in [2.45, 2.75) is 59.3 Å². The zero-order valence-corrected chi connectivity index (χ0v) is 14.8. The maximum Gasteiger partial charge on any atom is 0.220 e. The predicted octanol–water partition coefficient (Wildman–Crippen LogP) is 1.82. The van der Waals surface area contributed by atoms with Crippen molar-refractivity contribution in [1.82, 2.24) is 10.6 Å². The molecule has 134 valence electrons. The Kier molecular flexibility index (Phi) is 13.3. The second-order valence-electron chi connectivity index (χ2n) is 5.83. The van der Waals surface area contributed by atoms with Crippen molar-refractivity contribution < 1.29 is 19.1 Å². The monoisotopic (exact) mass is 328 g/mol. The Labute approximate surface area is 139 Å². The molecule has 0 atom stereocenters. The molecule has 0 heterocycles. The maximum absolute atomic E-state index is 11.6. The summed E-state index contributed by atoms with van der Waals surface area (Å²) in [7, 11) is 0. The molecule has 0 rings (SSSR count). The molecule has 0 aliphatic rings. The third-order valence-electron chi connectivity index (χ3n) is 3.37. The van der Waals surface area contributed by atoms with E-state index in [1.165, 1.54) is 0 Å². The second kappa shape index (κ2) is 14.2. The first-order valence-corrected chi connectivity index (χ1v) is 8.61. The van der Waals surface area contributed by atoms with Gasteiger partial charge in [-0.1, -0.05) is 13.8 Å². The average molecular weight is 328 g/mol. The third-order valence-corrected chi connectivity index (χ3v) is 3.37.